The molecule has 6 rings (SSSR count). The molecule has 2 fully saturated rings. The van der Waals surface area contributed by atoms with E-state index in [1.165, 1.54) is 12.1 Å². The van der Waals surface area contributed by atoms with Gasteiger partial charge in [-0.2, -0.15) is 0 Å². The average Bonchev–Trinajstić information content (AvgIpc) is 4.01. The molecule has 0 unspecified atom stereocenters. The first-order valence-corrected chi connectivity index (χ1v) is 19.1. The Hall–Kier alpha value is -4.26. The molecule has 0 radical (unpaired) electrons. The molecule has 1 aliphatic heterocycles. The number of fused-ring (bicyclic) bond motifs is 2. The predicted molar refractivity (Wildman–Crippen MR) is 200 cm³/mol. The largest absolute Gasteiger partial charge is 0.459 e. The maximum atomic E-state index is 14.2. The summed E-state index contributed by atoms with van der Waals surface area (Å²) in [6.07, 6.45) is 11.5. The fourth-order valence-electron chi connectivity index (χ4n) is 8.84. The maximum absolute atomic E-state index is 14.2. The van der Waals surface area contributed by atoms with Gasteiger partial charge in [0, 0.05) is 49.6 Å². The van der Waals surface area contributed by atoms with E-state index in [4.69, 9.17) is 19.0 Å². The molecule has 0 bridgehead atoms. The van der Waals surface area contributed by atoms with Crippen molar-refractivity contribution in [2.24, 2.45) is 28.8 Å². The first-order chi connectivity index (χ1) is 25.8. The van der Waals surface area contributed by atoms with Gasteiger partial charge >= 0.3 is 0 Å². The van der Waals surface area contributed by atoms with Crippen LogP contribution in [0.5, 0.6) is 17.2 Å². The number of amides is 1. The molecule has 1 heterocycles. The van der Waals surface area contributed by atoms with Crippen LogP contribution in [0.4, 0.5) is 5.69 Å². The molecule has 12 nitrogen and oxygen atoms in total. The number of oxime groups is 1. The van der Waals surface area contributed by atoms with E-state index in [-0.39, 0.29) is 55.1 Å². The number of aliphatic hydroxyl groups is 2. The van der Waals surface area contributed by atoms with Crippen molar-refractivity contribution in [1.82, 2.24) is 4.90 Å². The first-order valence-electron chi connectivity index (χ1n) is 19.1. The van der Waals surface area contributed by atoms with Crippen molar-refractivity contribution in [3.8, 4) is 17.2 Å². The monoisotopic (exact) mass is 731 g/mol. The fraction of sp³-hybridized carbons (Fsp3) is 0.561. The summed E-state index contributed by atoms with van der Waals surface area (Å²) in [6.45, 7) is 6.98. The minimum atomic E-state index is -1.29. The van der Waals surface area contributed by atoms with Crippen molar-refractivity contribution in [3.05, 3.63) is 82.4 Å². The second-order valence-corrected chi connectivity index (χ2v) is 14.6. The number of rotatable bonds is 19. The van der Waals surface area contributed by atoms with Crippen LogP contribution in [0.25, 0.3) is 0 Å². The van der Waals surface area contributed by atoms with Crippen molar-refractivity contribution in [2.75, 3.05) is 33.5 Å². The number of nitro benzene ring substituents is 1. The summed E-state index contributed by atoms with van der Waals surface area (Å²) in [4.78, 5) is 32.7. The van der Waals surface area contributed by atoms with Gasteiger partial charge in [-0.3, -0.25) is 14.9 Å². The lowest BCUT2D eigenvalue weighted by atomic mass is 9.55. The van der Waals surface area contributed by atoms with Gasteiger partial charge in [-0.15, -0.1) is 6.58 Å². The number of allylic oxidation sites excluding steroid dienone is 1. The van der Waals surface area contributed by atoms with Gasteiger partial charge in [0.25, 0.3) is 5.69 Å². The molecule has 2 N–H and O–H groups in total. The fourth-order valence-corrected chi connectivity index (χ4v) is 8.84. The lowest BCUT2D eigenvalue weighted by Gasteiger charge is -2.60. The first kappa shape index (κ1) is 38.5. The summed E-state index contributed by atoms with van der Waals surface area (Å²) in [6, 6.07) is 11.2. The van der Waals surface area contributed by atoms with Crippen molar-refractivity contribution < 1.29 is 39.0 Å². The minimum Gasteiger partial charge on any atom is -0.459 e. The molecule has 4 aliphatic rings. The highest BCUT2D eigenvalue weighted by atomic mass is 16.7. The number of carbonyl (C=O) groups excluding carboxylic acids is 1. The van der Waals surface area contributed by atoms with Gasteiger partial charge in [-0.05, 0) is 86.6 Å². The van der Waals surface area contributed by atoms with Gasteiger partial charge in [-0.1, -0.05) is 43.1 Å². The van der Waals surface area contributed by atoms with E-state index in [2.05, 4.69) is 24.7 Å². The molecule has 0 saturated heterocycles. The Morgan fingerprint density at radius 2 is 1.87 bits per heavy atom. The Morgan fingerprint density at radius 3 is 2.55 bits per heavy atom. The smallest absolute Gasteiger partial charge is 0.273 e. The van der Waals surface area contributed by atoms with Crippen LogP contribution in [0.2, 0.25) is 0 Å². The molecule has 12 heteroatoms. The van der Waals surface area contributed by atoms with Crippen LogP contribution in [0.3, 0.4) is 0 Å². The van der Waals surface area contributed by atoms with Crippen LogP contribution in [-0.4, -0.2) is 77.0 Å². The number of benzene rings is 2. The standard InChI is InChI=1S/C41H53N3O9/c1-4-19-43(40(47)27-15-16-27)37-26-35(42-50-3)33-23-28(11-6-8-20-45)32(14-7-9-21-46)38-34-25-31(52-30-13-10-12-29(24-30)44(48)49)17-18-36(34)53-41(37,39(33)38)51-22-5-2/h5,10,12-13,17-18,23-25,27-28,32,37-39,45-46H,2,4,6-9,11,14-16,19-22,26H2,1,3H3/t28-,32+,37-,38+,39+,41+/m0/s1. The van der Waals surface area contributed by atoms with E-state index in [1.807, 2.05) is 17.0 Å². The zero-order valence-electron chi connectivity index (χ0n) is 30.9. The SMILES string of the molecule is C=CCO[C@@]12Oc3ccc(Oc4cccc([N+](=O)[O-])c4)cc3[C@H]3[C@H](CCCCO)[C@@H](CCCCO)C=C(C(=NOC)C[C@@H]1N(CCC)C(=O)C1CC1)[C@H]32. The van der Waals surface area contributed by atoms with Crippen molar-refractivity contribution >= 4 is 17.3 Å². The van der Waals surface area contributed by atoms with Crippen molar-refractivity contribution in [3.63, 3.8) is 0 Å². The highest BCUT2D eigenvalue weighted by Crippen LogP contribution is 2.62. The van der Waals surface area contributed by atoms with Crippen LogP contribution in [0.1, 0.15) is 82.6 Å². The third-order valence-corrected chi connectivity index (χ3v) is 11.2. The molecule has 53 heavy (non-hydrogen) atoms. The van der Waals surface area contributed by atoms with E-state index >= 15 is 0 Å². The molecular weight excluding hydrogens is 678 g/mol. The summed E-state index contributed by atoms with van der Waals surface area (Å²) in [5, 5.41) is 35.7. The maximum Gasteiger partial charge on any atom is 0.273 e. The summed E-state index contributed by atoms with van der Waals surface area (Å²) in [7, 11) is 1.54. The van der Waals surface area contributed by atoms with Crippen LogP contribution in [0, 0.1) is 33.8 Å². The number of aliphatic hydroxyl groups excluding tert-OH is 2. The number of non-ortho nitro benzene ring substituents is 1. The quantitative estimate of drug-likeness (QED) is 0.0656. The Labute approximate surface area is 311 Å². The molecule has 2 aromatic rings. The lowest BCUT2D eigenvalue weighted by molar-refractivity contribution is -0.384. The highest BCUT2D eigenvalue weighted by Gasteiger charge is 2.65. The number of unbranched alkanes of at least 4 members (excludes halogenated alkanes) is 2. The third-order valence-electron chi connectivity index (χ3n) is 11.2. The van der Waals surface area contributed by atoms with Gasteiger partial charge in [0.2, 0.25) is 11.7 Å². The molecule has 2 saturated carbocycles. The van der Waals surface area contributed by atoms with Crippen LogP contribution in [-0.2, 0) is 14.4 Å². The Balaban J connectivity index is 1.56. The van der Waals surface area contributed by atoms with Crippen molar-refractivity contribution in [1.29, 1.82) is 0 Å². The van der Waals surface area contributed by atoms with Gasteiger partial charge in [-0.25, -0.2) is 0 Å². The molecule has 0 spiro atoms. The zero-order chi connectivity index (χ0) is 37.5. The van der Waals surface area contributed by atoms with E-state index < -0.39 is 22.7 Å². The lowest BCUT2D eigenvalue weighted by Crippen LogP contribution is -2.70. The van der Waals surface area contributed by atoms with Gasteiger partial charge in [0.1, 0.15) is 30.4 Å². The average molecular weight is 732 g/mol. The van der Waals surface area contributed by atoms with E-state index in [0.29, 0.717) is 43.1 Å². The second kappa shape index (κ2) is 17.3. The Kier molecular flexibility index (Phi) is 12.5. The van der Waals surface area contributed by atoms with Crippen LogP contribution >= 0.6 is 0 Å². The summed E-state index contributed by atoms with van der Waals surface area (Å²) < 4.78 is 20.5. The predicted octanol–water partition coefficient (Wildman–Crippen LogP) is 7.30. The number of hydrogen-bond acceptors (Lipinski definition) is 10. The Bertz CT molecular complexity index is 1690. The summed E-state index contributed by atoms with van der Waals surface area (Å²) in [5.74, 6) is -0.186. The zero-order valence-corrected chi connectivity index (χ0v) is 30.9. The third kappa shape index (κ3) is 8.00. The van der Waals surface area contributed by atoms with Gasteiger partial charge in [0.05, 0.1) is 29.2 Å². The van der Waals surface area contributed by atoms with Crippen LogP contribution < -0.4 is 9.47 Å². The molecule has 2 aromatic carbocycles. The van der Waals surface area contributed by atoms with E-state index in [1.54, 1.807) is 31.4 Å². The molecule has 3 aliphatic carbocycles. The topological polar surface area (TPSA) is 153 Å². The van der Waals surface area contributed by atoms with Crippen molar-refractivity contribution in [2.45, 2.75) is 88.9 Å². The number of carbonyl (C=O) groups is 1. The summed E-state index contributed by atoms with van der Waals surface area (Å²) >= 11 is 0. The molecule has 0 aromatic heterocycles. The molecule has 286 valence electrons. The highest BCUT2D eigenvalue weighted by molar-refractivity contribution is 6.03. The number of nitrogens with zero attached hydrogens (tertiary/aromatic N) is 3. The van der Waals surface area contributed by atoms with Crippen LogP contribution in [0.15, 0.2) is 71.9 Å². The van der Waals surface area contributed by atoms with Gasteiger partial charge < -0.3 is 34.2 Å². The minimum absolute atomic E-state index is 0.0218. The normalized spacial score (nSPS) is 26.5. The van der Waals surface area contributed by atoms with Gasteiger partial charge in [0.15, 0.2) is 0 Å². The number of nitro groups is 1. The summed E-state index contributed by atoms with van der Waals surface area (Å²) in [5.41, 5.74) is 2.57. The number of hydrogen-bond donors (Lipinski definition) is 2. The molecule has 6 atom stereocenters. The van der Waals surface area contributed by atoms with E-state index in [0.717, 1.165) is 61.8 Å². The van der Waals surface area contributed by atoms with E-state index in [9.17, 15) is 25.1 Å². The molecular formula is C41H53N3O9. The Morgan fingerprint density at radius 1 is 1.11 bits per heavy atom. The number of ether oxygens (including phenoxy) is 3. The molecule has 1 amide bonds. The second-order valence-electron chi connectivity index (χ2n) is 14.6.